The molecule has 1 fully saturated rings. The number of furan rings is 1. The number of hydrogen-bond donors (Lipinski definition) is 1. The van der Waals surface area contributed by atoms with Crippen molar-refractivity contribution in [2.45, 2.75) is 25.9 Å². The number of aromatic nitrogens is 3. The van der Waals surface area contributed by atoms with Crippen LogP contribution in [0, 0.1) is 0 Å². The highest BCUT2D eigenvalue weighted by Crippen LogP contribution is 2.22. The van der Waals surface area contributed by atoms with Crippen LogP contribution in [0.1, 0.15) is 19.1 Å². The predicted octanol–water partition coefficient (Wildman–Crippen LogP) is 1.09. The van der Waals surface area contributed by atoms with Gasteiger partial charge in [-0.15, -0.1) is 5.10 Å². The molecular weight excluding hydrogens is 318 g/mol. The van der Waals surface area contributed by atoms with Gasteiger partial charge < -0.3 is 14.6 Å². The van der Waals surface area contributed by atoms with Crippen LogP contribution in [-0.4, -0.2) is 47.7 Å². The van der Waals surface area contributed by atoms with Crippen LogP contribution in [0.15, 0.2) is 29.0 Å². The van der Waals surface area contributed by atoms with Crippen LogP contribution in [0.4, 0.5) is 11.8 Å². The third kappa shape index (κ3) is 3.79. The molecule has 0 saturated carbocycles. The normalized spacial score (nSPS) is 19.6. The molecule has 0 aliphatic carbocycles. The van der Waals surface area contributed by atoms with Crippen molar-refractivity contribution in [3.8, 4) is 0 Å². The van der Waals surface area contributed by atoms with Crippen molar-refractivity contribution in [1.29, 1.82) is 0 Å². The molecule has 1 unspecified atom stereocenters. The van der Waals surface area contributed by atoms with Crippen LogP contribution in [0.5, 0.6) is 0 Å². The van der Waals surface area contributed by atoms with Crippen molar-refractivity contribution in [3.05, 3.63) is 30.4 Å². The molecule has 9 heteroatoms. The average Bonchev–Trinajstić information content (AvgIpc) is 3.16. The molecule has 0 amide bonds. The first-order valence-corrected chi connectivity index (χ1v) is 9.32. The van der Waals surface area contributed by atoms with Crippen molar-refractivity contribution < 1.29 is 12.8 Å². The Morgan fingerprint density at radius 3 is 3.00 bits per heavy atom. The Balaban J connectivity index is 1.72. The maximum Gasteiger partial charge on any atom is 0.245 e. The van der Waals surface area contributed by atoms with Crippen LogP contribution in [0.2, 0.25) is 0 Å². The van der Waals surface area contributed by atoms with Gasteiger partial charge in [0.15, 0.2) is 15.7 Å². The summed E-state index contributed by atoms with van der Waals surface area (Å²) in [6.45, 7) is 3.10. The van der Waals surface area contributed by atoms with Crippen LogP contribution >= 0.6 is 0 Å². The topological polar surface area (TPSA) is 101 Å². The minimum Gasteiger partial charge on any atom is -0.467 e. The van der Waals surface area contributed by atoms with Gasteiger partial charge in [-0.3, -0.25) is 0 Å². The number of nitrogens with one attached hydrogen (secondary N) is 1. The van der Waals surface area contributed by atoms with E-state index in [0.29, 0.717) is 31.3 Å². The van der Waals surface area contributed by atoms with Crippen molar-refractivity contribution in [2.24, 2.45) is 0 Å². The first kappa shape index (κ1) is 15.7. The second kappa shape index (κ2) is 6.53. The summed E-state index contributed by atoms with van der Waals surface area (Å²) in [5.74, 6) is 2.19. The minimum absolute atomic E-state index is 0.0559. The molecule has 0 radical (unpaired) electrons. The van der Waals surface area contributed by atoms with E-state index in [-0.39, 0.29) is 17.5 Å². The molecule has 23 heavy (non-hydrogen) atoms. The van der Waals surface area contributed by atoms with Crippen molar-refractivity contribution >= 4 is 21.6 Å². The summed E-state index contributed by atoms with van der Waals surface area (Å²) in [4.78, 5) is 6.41. The number of nitrogens with zero attached hydrogens (tertiary/aromatic N) is 4. The second-order valence-electron chi connectivity index (χ2n) is 5.41. The summed E-state index contributed by atoms with van der Waals surface area (Å²) in [6, 6.07) is 3.61. The molecule has 1 atom stereocenters. The Morgan fingerprint density at radius 2 is 2.35 bits per heavy atom. The summed E-state index contributed by atoms with van der Waals surface area (Å²) in [6.07, 6.45) is 3.79. The molecule has 1 N–H and O–H groups in total. The van der Waals surface area contributed by atoms with Gasteiger partial charge in [0.05, 0.1) is 30.5 Å². The first-order chi connectivity index (χ1) is 11.1. The number of sulfone groups is 1. The van der Waals surface area contributed by atoms with Gasteiger partial charge >= 0.3 is 0 Å². The maximum atomic E-state index is 11.7. The van der Waals surface area contributed by atoms with Gasteiger partial charge in [-0.1, -0.05) is 0 Å². The van der Waals surface area contributed by atoms with E-state index >= 15 is 0 Å². The van der Waals surface area contributed by atoms with Crippen LogP contribution < -0.4 is 10.2 Å². The molecule has 3 heterocycles. The Bertz CT molecular complexity index is 748. The largest absolute Gasteiger partial charge is 0.467 e. The predicted molar refractivity (Wildman–Crippen MR) is 85.9 cm³/mol. The lowest BCUT2D eigenvalue weighted by molar-refractivity contribution is 0.517. The van der Waals surface area contributed by atoms with Crippen LogP contribution in [0.25, 0.3) is 0 Å². The molecule has 3 rings (SSSR count). The van der Waals surface area contributed by atoms with E-state index in [0.717, 1.165) is 5.76 Å². The molecule has 1 saturated heterocycles. The van der Waals surface area contributed by atoms with Crippen LogP contribution in [-0.2, 0) is 16.4 Å². The zero-order chi connectivity index (χ0) is 16.3. The molecule has 2 aromatic heterocycles. The standard InChI is InChI=1S/C14H19N5O3S/c1-2-19(11-5-7-23(20,21)10-11)13-9-16-18-14(17-13)15-8-12-4-3-6-22-12/h3-4,6,9,11H,2,5,7-8,10H2,1H3,(H,15,17,18). The Kier molecular flexibility index (Phi) is 4.46. The molecule has 8 nitrogen and oxygen atoms in total. The molecule has 0 bridgehead atoms. The Hall–Kier alpha value is -2.16. The van der Waals surface area contributed by atoms with Gasteiger partial charge in [0.2, 0.25) is 5.95 Å². The highest BCUT2D eigenvalue weighted by molar-refractivity contribution is 7.91. The van der Waals surface area contributed by atoms with Gasteiger partial charge in [0.25, 0.3) is 0 Å². The molecule has 124 valence electrons. The van der Waals surface area contributed by atoms with E-state index in [4.69, 9.17) is 4.42 Å². The zero-order valence-corrected chi connectivity index (χ0v) is 13.7. The quantitative estimate of drug-likeness (QED) is 0.836. The highest BCUT2D eigenvalue weighted by Gasteiger charge is 2.32. The monoisotopic (exact) mass is 337 g/mol. The van der Waals surface area contributed by atoms with E-state index in [1.165, 1.54) is 0 Å². The minimum atomic E-state index is -2.94. The molecule has 0 spiro atoms. The lowest BCUT2D eigenvalue weighted by atomic mass is 10.2. The molecule has 1 aliphatic heterocycles. The molecular formula is C14H19N5O3S. The van der Waals surface area contributed by atoms with Crippen molar-refractivity contribution in [3.63, 3.8) is 0 Å². The van der Waals surface area contributed by atoms with Crippen molar-refractivity contribution in [2.75, 3.05) is 28.3 Å². The second-order valence-corrected chi connectivity index (χ2v) is 7.64. The Labute approximate surface area is 134 Å². The van der Waals surface area contributed by atoms with E-state index in [1.807, 2.05) is 24.0 Å². The van der Waals surface area contributed by atoms with E-state index in [1.54, 1.807) is 12.5 Å². The number of hydrogen-bond acceptors (Lipinski definition) is 8. The zero-order valence-electron chi connectivity index (χ0n) is 12.8. The molecule has 2 aromatic rings. The van der Waals surface area contributed by atoms with Gasteiger partial charge in [0, 0.05) is 12.6 Å². The summed E-state index contributed by atoms with van der Waals surface area (Å²) in [5.41, 5.74) is 0. The summed E-state index contributed by atoms with van der Waals surface area (Å²) in [5, 5.41) is 11.0. The SMILES string of the molecule is CCN(c1cnnc(NCc2ccco2)n1)C1CCS(=O)(=O)C1. The fraction of sp³-hybridized carbons (Fsp3) is 0.500. The smallest absolute Gasteiger partial charge is 0.245 e. The van der Waals surface area contributed by atoms with Gasteiger partial charge in [-0.25, -0.2) is 8.42 Å². The Morgan fingerprint density at radius 1 is 1.48 bits per heavy atom. The van der Waals surface area contributed by atoms with Crippen LogP contribution in [0.3, 0.4) is 0 Å². The van der Waals surface area contributed by atoms with Gasteiger partial charge in [-0.05, 0) is 25.5 Å². The van der Waals surface area contributed by atoms with Crippen molar-refractivity contribution in [1.82, 2.24) is 15.2 Å². The fourth-order valence-corrected chi connectivity index (χ4v) is 4.45. The van der Waals surface area contributed by atoms with Gasteiger partial charge in [0.1, 0.15) is 5.76 Å². The molecule has 0 aromatic carbocycles. The number of rotatable bonds is 6. The van der Waals surface area contributed by atoms with E-state index < -0.39 is 9.84 Å². The molecule has 1 aliphatic rings. The van der Waals surface area contributed by atoms with E-state index in [2.05, 4.69) is 20.5 Å². The third-order valence-corrected chi connectivity index (χ3v) is 5.58. The first-order valence-electron chi connectivity index (χ1n) is 7.50. The number of anilines is 2. The van der Waals surface area contributed by atoms with E-state index in [9.17, 15) is 8.42 Å². The highest BCUT2D eigenvalue weighted by atomic mass is 32.2. The third-order valence-electron chi connectivity index (χ3n) is 3.83. The lowest BCUT2D eigenvalue weighted by Gasteiger charge is -2.27. The summed E-state index contributed by atoms with van der Waals surface area (Å²) in [7, 11) is -2.94. The van der Waals surface area contributed by atoms with Gasteiger partial charge in [-0.2, -0.15) is 10.1 Å². The average molecular weight is 337 g/mol. The summed E-state index contributed by atoms with van der Waals surface area (Å²) >= 11 is 0. The fourth-order valence-electron chi connectivity index (χ4n) is 2.72. The lowest BCUT2D eigenvalue weighted by Crippen LogP contribution is -2.37. The summed E-state index contributed by atoms with van der Waals surface area (Å²) < 4.78 is 28.6. The maximum absolute atomic E-state index is 11.7.